The number of amidine groups is 1. The summed E-state index contributed by atoms with van der Waals surface area (Å²) in [6.45, 7) is 1.22. The van der Waals surface area contributed by atoms with Gasteiger partial charge in [-0.15, -0.1) is 11.8 Å². The third kappa shape index (κ3) is 4.61. The Morgan fingerprint density at radius 1 is 1.03 bits per heavy atom. The normalized spacial score (nSPS) is 24.9. The van der Waals surface area contributed by atoms with E-state index in [1.54, 1.807) is 16.7 Å². The summed E-state index contributed by atoms with van der Waals surface area (Å²) in [5, 5.41) is 18.4. The molecule has 2 fully saturated rings. The van der Waals surface area contributed by atoms with Crippen LogP contribution in [0.5, 0.6) is 0 Å². The number of nitrogens with zero attached hydrogens (tertiary/aromatic N) is 3. The molecule has 2 aliphatic heterocycles. The van der Waals surface area contributed by atoms with Gasteiger partial charge in [0.2, 0.25) is 11.8 Å². The number of carbonyl (C=O) groups excluding carboxylic acids is 2. The summed E-state index contributed by atoms with van der Waals surface area (Å²) in [6.07, 6.45) is 12.4. The Labute approximate surface area is 193 Å². The van der Waals surface area contributed by atoms with E-state index in [1.807, 2.05) is 60.2 Å². The van der Waals surface area contributed by atoms with Crippen LogP contribution in [0.1, 0.15) is 37.7 Å². The van der Waals surface area contributed by atoms with E-state index in [9.17, 15) is 14.7 Å². The second kappa shape index (κ2) is 9.92. The third-order valence-corrected chi connectivity index (χ3v) is 7.29. The molecule has 0 aromatic heterocycles. The molecule has 170 valence electrons. The first kappa shape index (κ1) is 22.6. The number of nitrogens with one attached hydrogen (secondary N) is 1. The molecule has 3 atom stereocenters. The van der Waals surface area contributed by atoms with Gasteiger partial charge in [0.25, 0.3) is 0 Å². The van der Waals surface area contributed by atoms with Crippen molar-refractivity contribution in [3.63, 3.8) is 0 Å². The first-order valence-corrected chi connectivity index (χ1v) is 12.4. The molecule has 0 radical (unpaired) electrons. The fraction of sp³-hybridized carbons (Fsp3) is 0.458. The average molecular weight is 455 g/mol. The zero-order valence-electron chi connectivity index (χ0n) is 18.3. The quantitative estimate of drug-likeness (QED) is 0.216. The summed E-state index contributed by atoms with van der Waals surface area (Å²) in [6, 6.07) is 7.90. The number of aliphatic hydroxyl groups excluding tert-OH is 1. The first-order valence-electron chi connectivity index (χ1n) is 11.2. The Balaban J connectivity index is 1.23. The highest BCUT2D eigenvalue weighted by Crippen LogP contribution is 2.38. The van der Waals surface area contributed by atoms with Crippen LogP contribution in [0.4, 0.5) is 0 Å². The number of unbranched alkanes of at least 4 members (excludes halogenated alkanes) is 1. The van der Waals surface area contributed by atoms with Crippen LogP contribution in [-0.4, -0.2) is 62.9 Å². The highest BCUT2D eigenvalue weighted by Gasteiger charge is 2.49. The number of thioether (sulfide) groups is 1. The minimum absolute atomic E-state index is 0.0515. The van der Waals surface area contributed by atoms with Crippen LogP contribution >= 0.6 is 11.8 Å². The predicted octanol–water partition coefficient (Wildman–Crippen LogP) is 3.22. The molecule has 2 N–H and O–H groups in total. The van der Waals surface area contributed by atoms with E-state index >= 15 is 0 Å². The number of carbonyl (C=O) groups is 2. The van der Waals surface area contributed by atoms with E-state index < -0.39 is 6.10 Å². The Kier molecular flexibility index (Phi) is 7.01. The van der Waals surface area contributed by atoms with E-state index in [2.05, 4.69) is 0 Å². The summed E-state index contributed by atoms with van der Waals surface area (Å²) in [7, 11) is 0. The number of rotatable bonds is 7. The van der Waals surface area contributed by atoms with E-state index in [0.717, 1.165) is 29.8 Å². The lowest BCUT2D eigenvalue weighted by atomic mass is 9.80. The van der Waals surface area contributed by atoms with Gasteiger partial charge in [-0.2, -0.15) is 0 Å². The maximum atomic E-state index is 12.6. The fourth-order valence-corrected chi connectivity index (χ4v) is 5.30. The van der Waals surface area contributed by atoms with Crippen LogP contribution in [0, 0.1) is 17.2 Å². The van der Waals surface area contributed by atoms with Crippen molar-refractivity contribution in [1.82, 2.24) is 14.7 Å². The van der Waals surface area contributed by atoms with Gasteiger partial charge < -0.3 is 14.9 Å². The zero-order chi connectivity index (χ0) is 22.7. The van der Waals surface area contributed by atoms with Crippen LogP contribution in [0.15, 0.2) is 54.0 Å². The molecular formula is C24H30N4O3S. The summed E-state index contributed by atoms with van der Waals surface area (Å²) < 4.78 is 0. The maximum Gasteiger partial charge on any atom is 0.233 e. The van der Waals surface area contributed by atoms with Gasteiger partial charge in [0.05, 0.1) is 17.9 Å². The molecule has 0 bridgehead atoms. The molecule has 1 saturated heterocycles. The van der Waals surface area contributed by atoms with Crippen molar-refractivity contribution in [3.8, 4) is 0 Å². The van der Waals surface area contributed by atoms with Crippen LogP contribution in [0.2, 0.25) is 0 Å². The second-order valence-corrected chi connectivity index (χ2v) is 9.35. The number of hydrogen-bond acceptors (Lipinski definition) is 6. The van der Waals surface area contributed by atoms with Gasteiger partial charge in [0.15, 0.2) is 0 Å². The molecule has 1 aliphatic carbocycles. The van der Waals surface area contributed by atoms with E-state index in [-0.39, 0.29) is 23.7 Å². The summed E-state index contributed by atoms with van der Waals surface area (Å²) in [4.78, 5) is 31.5. The summed E-state index contributed by atoms with van der Waals surface area (Å²) in [5.74, 6) is -0.270. The topological polar surface area (TPSA) is 87.9 Å². The number of hydrogen-bond donors (Lipinski definition) is 2. The van der Waals surface area contributed by atoms with Gasteiger partial charge in [-0.25, -0.2) is 0 Å². The van der Waals surface area contributed by atoms with Gasteiger partial charge in [-0.05, 0) is 44.4 Å². The van der Waals surface area contributed by atoms with Crippen molar-refractivity contribution >= 4 is 29.4 Å². The summed E-state index contributed by atoms with van der Waals surface area (Å²) in [5.41, 5.74) is 0.899. The van der Waals surface area contributed by atoms with Crippen molar-refractivity contribution in [2.75, 3.05) is 19.3 Å². The molecule has 3 unspecified atom stereocenters. The average Bonchev–Trinajstić information content (AvgIpc) is 3.05. The predicted molar refractivity (Wildman–Crippen MR) is 125 cm³/mol. The number of imide groups is 1. The molecule has 8 heteroatoms. The van der Waals surface area contributed by atoms with Gasteiger partial charge in [-0.1, -0.05) is 18.2 Å². The van der Waals surface area contributed by atoms with Gasteiger partial charge >= 0.3 is 0 Å². The number of aliphatic hydroxyl groups is 1. The van der Waals surface area contributed by atoms with Crippen molar-refractivity contribution in [1.29, 1.82) is 5.41 Å². The van der Waals surface area contributed by atoms with Crippen molar-refractivity contribution in [2.24, 2.45) is 11.8 Å². The largest absolute Gasteiger partial charge is 0.393 e. The number of amides is 2. The molecule has 1 aromatic rings. The highest BCUT2D eigenvalue weighted by atomic mass is 32.2. The Bertz CT molecular complexity index is 933. The van der Waals surface area contributed by atoms with Gasteiger partial charge in [-0.3, -0.25) is 19.9 Å². The van der Waals surface area contributed by atoms with E-state index in [0.29, 0.717) is 31.6 Å². The number of fused-ring (bicyclic) bond motifs is 1. The minimum atomic E-state index is -0.458. The van der Waals surface area contributed by atoms with Gasteiger partial charge in [0.1, 0.15) is 5.84 Å². The lowest BCUT2D eigenvalue weighted by molar-refractivity contribution is -0.140. The SMILES string of the molecule is CSc1ccccc1C(=N)N1C=CN(CCCCN2C(=O)C3CCC(O)CC3C2=O)C=C1. The molecule has 2 amide bonds. The molecule has 3 aliphatic rings. The Morgan fingerprint density at radius 3 is 2.47 bits per heavy atom. The highest BCUT2D eigenvalue weighted by molar-refractivity contribution is 7.98. The standard InChI is InChI=1S/C24H30N4O3S/c1-32-21-7-3-2-6-19(21)22(25)27-14-12-26(13-15-27)10-4-5-11-28-23(30)18-9-8-17(29)16-20(18)24(28)31/h2-3,6-7,12-15,17-18,20,25,29H,4-5,8-11,16H2,1H3. The van der Waals surface area contributed by atoms with Crippen LogP contribution in [0.25, 0.3) is 0 Å². The lowest BCUT2D eigenvalue weighted by Gasteiger charge is -2.26. The smallest absolute Gasteiger partial charge is 0.233 e. The van der Waals surface area contributed by atoms with E-state index in [1.165, 1.54) is 4.90 Å². The van der Waals surface area contributed by atoms with E-state index in [4.69, 9.17) is 5.41 Å². The second-order valence-electron chi connectivity index (χ2n) is 8.51. The maximum absolute atomic E-state index is 12.6. The Hall–Kier alpha value is -2.58. The van der Waals surface area contributed by atoms with Crippen molar-refractivity contribution < 1.29 is 14.7 Å². The minimum Gasteiger partial charge on any atom is -0.393 e. The van der Waals surface area contributed by atoms with Crippen LogP contribution in [-0.2, 0) is 9.59 Å². The number of benzene rings is 1. The molecule has 0 spiro atoms. The molecule has 32 heavy (non-hydrogen) atoms. The summed E-state index contributed by atoms with van der Waals surface area (Å²) >= 11 is 1.63. The monoisotopic (exact) mass is 454 g/mol. The Morgan fingerprint density at radius 2 is 1.72 bits per heavy atom. The van der Waals surface area contributed by atoms with Gasteiger partial charge in [0, 0.05) is 48.3 Å². The molecule has 4 rings (SSSR count). The lowest BCUT2D eigenvalue weighted by Crippen LogP contribution is -2.32. The van der Waals surface area contributed by atoms with Crippen LogP contribution in [0.3, 0.4) is 0 Å². The van der Waals surface area contributed by atoms with Crippen molar-refractivity contribution in [2.45, 2.75) is 43.1 Å². The molecular weight excluding hydrogens is 424 g/mol. The third-order valence-electron chi connectivity index (χ3n) is 6.49. The van der Waals surface area contributed by atoms with Crippen molar-refractivity contribution in [3.05, 3.63) is 54.6 Å². The fourth-order valence-electron chi connectivity index (χ4n) is 4.70. The van der Waals surface area contributed by atoms with Crippen LogP contribution < -0.4 is 0 Å². The zero-order valence-corrected chi connectivity index (χ0v) is 19.1. The number of likely N-dealkylation sites (tertiary alicyclic amines) is 1. The molecule has 1 aromatic carbocycles. The molecule has 2 heterocycles. The first-order chi connectivity index (χ1) is 15.5. The molecule has 7 nitrogen and oxygen atoms in total. The molecule has 1 saturated carbocycles.